The quantitative estimate of drug-likeness (QED) is 0.355. The first kappa shape index (κ1) is 23.4. The fourth-order valence-electron chi connectivity index (χ4n) is 3.22. The number of aliphatic imine (C=N–C) groups is 1. The van der Waals surface area contributed by atoms with Crippen LogP contribution in [0.5, 0.6) is 0 Å². The molecule has 1 aliphatic rings. The third kappa shape index (κ3) is 6.05. The Labute approximate surface area is 193 Å². The van der Waals surface area contributed by atoms with Crippen molar-refractivity contribution in [3.8, 4) is 0 Å². The van der Waals surface area contributed by atoms with E-state index in [1.807, 2.05) is 54.6 Å². The third-order valence-electron chi connectivity index (χ3n) is 4.97. The van der Waals surface area contributed by atoms with Crippen LogP contribution < -0.4 is 10.6 Å². The Morgan fingerprint density at radius 3 is 2.38 bits per heavy atom. The van der Waals surface area contributed by atoms with E-state index in [1.165, 1.54) is 0 Å². The lowest BCUT2D eigenvalue weighted by molar-refractivity contribution is 0.0773. The summed E-state index contributed by atoms with van der Waals surface area (Å²) in [6, 6.07) is 7.64. The number of halogens is 1. The van der Waals surface area contributed by atoms with Gasteiger partial charge in [0.1, 0.15) is 0 Å². The first-order valence-electron chi connectivity index (χ1n) is 9.69. The second kappa shape index (κ2) is 11.3. The van der Waals surface area contributed by atoms with Crippen LogP contribution in [0.3, 0.4) is 0 Å². The molecule has 3 rings (SSSR count). The van der Waals surface area contributed by atoms with E-state index in [0.29, 0.717) is 31.2 Å². The summed E-state index contributed by atoms with van der Waals surface area (Å²) in [6.07, 6.45) is 1.84. The van der Waals surface area contributed by atoms with Gasteiger partial charge in [0, 0.05) is 56.4 Å². The monoisotopic (exact) mass is 528 g/mol. The molecule has 1 fully saturated rings. The summed E-state index contributed by atoms with van der Waals surface area (Å²) in [4.78, 5) is 27.5. The van der Waals surface area contributed by atoms with Crippen molar-refractivity contribution in [3.05, 3.63) is 47.0 Å². The maximum Gasteiger partial charge on any atom is 0.253 e. The predicted molar refractivity (Wildman–Crippen MR) is 130 cm³/mol. The lowest BCUT2D eigenvalue weighted by atomic mass is 10.1. The lowest BCUT2D eigenvalue weighted by Crippen LogP contribution is -2.51. The van der Waals surface area contributed by atoms with Gasteiger partial charge in [0.2, 0.25) is 0 Å². The molecule has 0 radical (unpaired) electrons. The molecule has 0 saturated carbocycles. The van der Waals surface area contributed by atoms with Crippen molar-refractivity contribution < 1.29 is 4.79 Å². The molecule has 2 heterocycles. The molecule has 1 aromatic carbocycles. The summed E-state index contributed by atoms with van der Waals surface area (Å²) in [5.74, 6) is 0.639. The average molecular weight is 528 g/mol. The number of guanidine groups is 1. The number of benzene rings is 1. The number of amides is 1. The van der Waals surface area contributed by atoms with E-state index >= 15 is 0 Å². The number of piperazine rings is 1. The highest BCUT2D eigenvalue weighted by Gasteiger charge is 2.19. The van der Waals surface area contributed by atoms with Gasteiger partial charge in [-0.25, -0.2) is 9.98 Å². The zero-order chi connectivity index (χ0) is 19.9. The second-order valence-corrected chi connectivity index (χ2v) is 7.51. The fraction of sp³-hybridized carbons (Fsp3) is 0.450. The normalized spacial score (nSPS) is 14.5. The molecule has 0 spiro atoms. The van der Waals surface area contributed by atoms with Crippen LogP contribution >= 0.6 is 35.3 Å². The van der Waals surface area contributed by atoms with Crippen LogP contribution in [0.15, 0.2) is 40.8 Å². The summed E-state index contributed by atoms with van der Waals surface area (Å²) >= 11 is 1.66. The zero-order valence-electron chi connectivity index (χ0n) is 17.0. The van der Waals surface area contributed by atoms with E-state index in [2.05, 4.69) is 19.8 Å². The van der Waals surface area contributed by atoms with Crippen molar-refractivity contribution in [1.29, 1.82) is 0 Å². The largest absolute Gasteiger partial charge is 0.370 e. The van der Waals surface area contributed by atoms with Crippen molar-refractivity contribution in [2.45, 2.75) is 20.4 Å². The number of nitrogens with zero attached hydrogens (tertiary/aromatic N) is 5. The van der Waals surface area contributed by atoms with Gasteiger partial charge in [0.05, 0.1) is 6.54 Å². The number of carbonyl (C=O) groups excluding carboxylic acids is 1. The molecule has 1 aromatic heterocycles. The van der Waals surface area contributed by atoms with Gasteiger partial charge >= 0.3 is 0 Å². The third-order valence-corrected chi connectivity index (χ3v) is 5.80. The summed E-state index contributed by atoms with van der Waals surface area (Å²) in [7, 11) is 0. The molecular weight excluding hydrogens is 499 g/mol. The SMILES string of the molecule is CCN(CC)C(=O)c1ccc(CN=C(N)N2CCN(c3nccs3)CC2)cc1.I. The van der Waals surface area contributed by atoms with Crippen LogP contribution in [-0.4, -0.2) is 65.9 Å². The molecule has 9 heteroatoms. The van der Waals surface area contributed by atoms with Crippen molar-refractivity contribution in [2.24, 2.45) is 10.7 Å². The van der Waals surface area contributed by atoms with E-state index in [-0.39, 0.29) is 29.9 Å². The number of nitrogens with two attached hydrogens (primary N) is 1. The molecule has 2 N–H and O–H groups in total. The Kier molecular flexibility index (Phi) is 9.15. The van der Waals surface area contributed by atoms with Crippen molar-refractivity contribution in [3.63, 3.8) is 0 Å². The number of aromatic nitrogens is 1. The molecule has 1 amide bonds. The Bertz CT molecular complexity index is 784. The molecule has 29 heavy (non-hydrogen) atoms. The van der Waals surface area contributed by atoms with Gasteiger partial charge in [-0.15, -0.1) is 35.3 Å². The topological polar surface area (TPSA) is 78.1 Å². The predicted octanol–water partition coefficient (Wildman–Crippen LogP) is 2.88. The van der Waals surface area contributed by atoms with Crippen molar-refractivity contribution in [2.75, 3.05) is 44.2 Å². The van der Waals surface area contributed by atoms with Gasteiger partial charge in [-0.2, -0.15) is 0 Å². The minimum Gasteiger partial charge on any atom is -0.370 e. The molecular formula is C20H29IN6OS. The van der Waals surface area contributed by atoms with Gasteiger partial charge < -0.3 is 20.4 Å². The van der Waals surface area contributed by atoms with E-state index < -0.39 is 0 Å². The minimum atomic E-state index is 0. The van der Waals surface area contributed by atoms with E-state index in [4.69, 9.17) is 5.73 Å². The van der Waals surface area contributed by atoms with Crippen LogP contribution in [0, 0.1) is 0 Å². The summed E-state index contributed by atoms with van der Waals surface area (Å²) < 4.78 is 0. The standard InChI is InChI=1S/C20H28N6OS.HI/c1-3-24(4-2)18(27)17-7-5-16(6-8-17)15-23-19(21)25-10-12-26(13-11-25)20-22-9-14-28-20;/h5-9,14H,3-4,10-13,15H2,1-2H3,(H2,21,23);1H. The van der Waals surface area contributed by atoms with Crippen molar-refractivity contribution >= 4 is 52.3 Å². The molecule has 2 aromatic rings. The number of carbonyl (C=O) groups is 1. The number of rotatable bonds is 6. The van der Waals surface area contributed by atoms with E-state index in [0.717, 1.165) is 36.9 Å². The lowest BCUT2D eigenvalue weighted by Gasteiger charge is -2.35. The number of hydrogen-bond donors (Lipinski definition) is 1. The zero-order valence-corrected chi connectivity index (χ0v) is 20.1. The molecule has 1 aliphatic heterocycles. The summed E-state index contributed by atoms with van der Waals surface area (Å²) in [5.41, 5.74) is 7.95. The Balaban J connectivity index is 0.00000300. The molecule has 0 bridgehead atoms. The van der Waals surface area contributed by atoms with Crippen LogP contribution in [0.4, 0.5) is 5.13 Å². The van der Waals surface area contributed by atoms with Gasteiger partial charge in [-0.1, -0.05) is 12.1 Å². The highest BCUT2D eigenvalue weighted by atomic mass is 127. The molecule has 0 aliphatic carbocycles. The molecule has 0 unspecified atom stereocenters. The Hall–Kier alpha value is -1.88. The number of thiazole rings is 1. The van der Waals surface area contributed by atoms with Gasteiger partial charge in [0.15, 0.2) is 11.1 Å². The minimum absolute atomic E-state index is 0. The van der Waals surface area contributed by atoms with Gasteiger partial charge in [-0.3, -0.25) is 4.79 Å². The molecule has 1 saturated heterocycles. The Morgan fingerprint density at radius 2 is 1.83 bits per heavy atom. The second-order valence-electron chi connectivity index (χ2n) is 6.64. The van der Waals surface area contributed by atoms with Gasteiger partial charge in [-0.05, 0) is 31.5 Å². The summed E-state index contributed by atoms with van der Waals surface area (Å²) in [6.45, 7) is 9.39. The highest BCUT2D eigenvalue weighted by molar-refractivity contribution is 14.0. The van der Waals surface area contributed by atoms with Crippen LogP contribution in [-0.2, 0) is 6.54 Å². The van der Waals surface area contributed by atoms with Crippen LogP contribution in [0.2, 0.25) is 0 Å². The smallest absolute Gasteiger partial charge is 0.253 e. The number of anilines is 1. The van der Waals surface area contributed by atoms with Gasteiger partial charge in [0.25, 0.3) is 5.91 Å². The van der Waals surface area contributed by atoms with Crippen molar-refractivity contribution in [1.82, 2.24) is 14.8 Å². The Morgan fingerprint density at radius 1 is 1.17 bits per heavy atom. The average Bonchev–Trinajstić information content (AvgIpc) is 3.28. The molecule has 0 atom stereocenters. The van der Waals surface area contributed by atoms with E-state index in [1.54, 1.807) is 11.3 Å². The highest BCUT2D eigenvalue weighted by Crippen LogP contribution is 2.18. The fourth-order valence-corrected chi connectivity index (χ4v) is 3.91. The maximum atomic E-state index is 12.4. The summed E-state index contributed by atoms with van der Waals surface area (Å²) in [5, 5.41) is 3.06. The van der Waals surface area contributed by atoms with E-state index in [9.17, 15) is 4.79 Å². The first-order chi connectivity index (χ1) is 13.6. The first-order valence-corrected chi connectivity index (χ1v) is 10.6. The van der Waals surface area contributed by atoms with Crippen LogP contribution in [0.1, 0.15) is 29.8 Å². The number of hydrogen-bond acceptors (Lipinski definition) is 5. The van der Waals surface area contributed by atoms with Crippen LogP contribution in [0.25, 0.3) is 0 Å². The molecule has 7 nitrogen and oxygen atoms in total. The maximum absolute atomic E-state index is 12.4. The molecule has 158 valence electrons.